The molecule has 92 valence electrons. The second-order valence-corrected chi connectivity index (χ2v) is 5.39. The van der Waals surface area contributed by atoms with Crippen molar-refractivity contribution >= 4 is 40.0 Å². The minimum Gasteiger partial charge on any atom is -0.294 e. The summed E-state index contributed by atoms with van der Waals surface area (Å²) in [5.41, 5.74) is 0.904. The van der Waals surface area contributed by atoms with Gasteiger partial charge in [-0.05, 0) is 46.4 Å². The Morgan fingerprint density at radius 1 is 1.22 bits per heavy atom. The predicted molar refractivity (Wildman–Crippen MR) is 78.6 cm³/mol. The Balaban J connectivity index is 2.22. The third-order valence-electron chi connectivity index (χ3n) is 2.55. The topological polar surface area (TPSA) is 17.1 Å². The van der Waals surface area contributed by atoms with Gasteiger partial charge in [0.1, 0.15) is 5.82 Å². The zero-order chi connectivity index (χ0) is 13.1. The summed E-state index contributed by atoms with van der Waals surface area (Å²) in [6.07, 6.45) is 0.0452. The lowest BCUT2D eigenvalue weighted by Crippen LogP contribution is -2.05. The molecular weight excluding hydrogens is 366 g/mol. The van der Waals surface area contributed by atoms with E-state index in [0.717, 1.165) is 3.57 Å². The van der Waals surface area contributed by atoms with E-state index in [4.69, 9.17) is 11.6 Å². The molecular formula is C14H9ClFIO. The first-order valence-corrected chi connectivity index (χ1v) is 6.75. The molecule has 0 N–H and O–H groups in total. The van der Waals surface area contributed by atoms with Crippen molar-refractivity contribution in [3.05, 3.63) is 68.0 Å². The molecule has 0 saturated heterocycles. The van der Waals surface area contributed by atoms with Crippen LogP contribution in [0.5, 0.6) is 0 Å². The van der Waals surface area contributed by atoms with Gasteiger partial charge in [0.05, 0.1) is 5.02 Å². The van der Waals surface area contributed by atoms with E-state index in [2.05, 4.69) is 22.6 Å². The van der Waals surface area contributed by atoms with Crippen LogP contribution in [-0.2, 0) is 6.42 Å². The third kappa shape index (κ3) is 3.09. The van der Waals surface area contributed by atoms with Gasteiger partial charge in [0.2, 0.25) is 0 Å². The second-order valence-electron chi connectivity index (χ2n) is 3.82. The van der Waals surface area contributed by atoms with Gasteiger partial charge in [0, 0.05) is 15.6 Å². The summed E-state index contributed by atoms with van der Waals surface area (Å²) >= 11 is 8.05. The molecule has 0 amide bonds. The Morgan fingerprint density at radius 3 is 2.61 bits per heavy atom. The van der Waals surface area contributed by atoms with E-state index < -0.39 is 0 Å². The van der Waals surface area contributed by atoms with Gasteiger partial charge in [-0.15, -0.1) is 0 Å². The number of carbonyl (C=O) groups is 1. The average molecular weight is 375 g/mol. The van der Waals surface area contributed by atoms with Crippen LogP contribution in [0.15, 0.2) is 42.5 Å². The van der Waals surface area contributed by atoms with Crippen molar-refractivity contribution in [2.24, 2.45) is 0 Å². The van der Waals surface area contributed by atoms with Gasteiger partial charge in [0.15, 0.2) is 5.78 Å². The van der Waals surface area contributed by atoms with Gasteiger partial charge in [0.25, 0.3) is 0 Å². The van der Waals surface area contributed by atoms with Crippen molar-refractivity contribution < 1.29 is 9.18 Å². The molecule has 0 radical (unpaired) electrons. The molecule has 0 bridgehead atoms. The number of halogens is 3. The van der Waals surface area contributed by atoms with Crippen LogP contribution in [0.2, 0.25) is 5.02 Å². The number of hydrogen-bond acceptors (Lipinski definition) is 1. The number of rotatable bonds is 3. The first-order chi connectivity index (χ1) is 8.58. The minimum absolute atomic E-state index is 0.0452. The van der Waals surface area contributed by atoms with Gasteiger partial charge in [-0.1, -0.05) is 35.9 Å². The highest BCUT2D eigenvalue weighted by atomic mass is 127. The molecule has 2 aromatic carbocycles. The highest BCUT2D eigenvalue weighted by Crippen LogP contribution is 2.21. The monoisotopic (exact) mass is 374 g/mol. The van der Waals surface area contributed by atoms with Crippen LogP contribution in [0, 0.1) is 9.39 Å². The smallest absolute Gasteiger partial charge is 0.167 e. The molecule has 4 heteroatoms. The van der Waals surface area contributed by atoms with Crippen LogP contribution in [-0.4, -0.2) is 5.78 Å². The molecule has 0 aliphatic heterocycles. The molecule has 0 spiro atoms. The van der Waals surface area contributed by atoms with Crippen LogP contribution < -0.4 is 0 Å². The SMILES string of the molecule is O=C(Cc1ccccc1F)c1ccc(I)c(Cl)c1. The third-order valence-corrected chi connectivity index (χ3v) is 4.12. The summed E-state index contributed by atoms with van der Waals surface area (Å²) < 4.78 is 14.3. The normalized spacial score (nSPS) is 10.4. The second kappa shape index (κ2) is 5.80. The maximum absolute atomic E-state index is 13.4. The number of hydrogen-bond donors (Lipinski definition) is 0. The number of Topliss-reactive ketones (excluding diaryl/α,β-unsaturated/α-hetero) is 1. The molecule has 0 unspecified atom stereocenters. The Bertz CT molecular complexity index is 598. The molecule has 2 aromatic rings. The fourth-order valence-electron chi connectivity index (χ4n) is 1.59. The van der Waals surface area contributed by atoms with E-state index in [1.165, 1.54) is 6.07 Å². The van der Waals surface area contributed by atoms with E-state index in [9.17, 15) is 9.18 Å². The fourth-order valence-corrected chi connectivity index (χ4v) is 2.10. The first kappa shape index (κ1) is 13.5. The van der Waals surface area contributed by atoms with Crippen LogP contribution >= 0.6 is 34.2 Å². The van der Waals surface area contributed by atoms with E-state index in [1.807, 2.05) is 0 Å². The number of carbonyl (C=O) groups excluding carboxylic acids is 1. The van der Waals surface area contributed by atoms with Gasteiger partial charge < -0.3 is 0 Å². The lowest BCUT2D eigenvalue weighted by Gasteiger charge is -2.04. The first-order valence-electron chi connectivity index (χ1n) is 5.29. The lowest BCUT2D eigenvalue weighted by atomic mass is 10.0. The summed E-state index contributed by atoms with van der Waals surface area (Å²) in [5.74, 6) is -0.499. The molecule has 0 heterocycles. The molecule has 1 nitrogen and oxygen atoms in total. The minimum atomic E-state index is -0.359. The molecule has 0 atom stereocenters. The zero-order valence-corrected chi connectivity index (χ0v) is 12.2. The maximum Gasteiger partial charge on any atom is 0.167 e. The molecule has 0 aliphatic carbocycles. The summed E-state index contributed by atoms with van der Waals surface area (Å²) in [4.78, 5) is 12.0. The summed E-state index contributed by atoms with van der Waals surface area (Å²) in [5, 5.41) is 0.537. The zero-order valence-electron chi connectivity index (χ0n) is 9.29. The summed E-state index contributed by atoms with van der Waals surface area (Å²) in [6, 6.07) is 11.4. The van der Waals surface area contributed by atoms with Crippen molar-refractivity contribution in [3.8, 4) is 0 Å². The van der Waals surface area contributed by atoms with Gasteiger partial charge >= 0.3 is 0 Å². The van der Waals surface area contributed by atoms with Crippen molar-refractivity contribution in [3.63, 3.8) is 0 Å². The number of ketones is 1. The van der Waals surface area contributed by atoms with Crippen LogP contribution in [0.25, 0.3) is 0 Å². The molecule has 0 fully saturated rings. The summed E-state index contributed by atoms with van der Waals surface area (Å²) in [6.45, 7) is 0. The van der Waals surface area contributed by atoms with Gasteiger partial charge in [-0.2, -0.15) is 0 Å². The van der Waals surface area contributed by atoms with Gasteiger partial charge in [-0.25, -0.2) is 4.39 Å². The highest BCUT2D eigenvalue weighted by molar-refractivity contribution is 14.1. The Labute approximate surface area is 123 Å². The Morgan fingerprint density at radius 2 is 1.94 bits per heavy atom. The van der Waals surface area contributed by atoms with Gasteiger partial charge in [-0.3, -0.25) is 4.79 Å². The highest BCUT2D eigenvalue weighted by Gasteiger charge is 2.11. The standard InChI is InChI=1S/C14H9ClFIO/c15-11-7-10(5-6-13(11)17)14(18)8-9-3-1-2-4-12(9)16/h1-7H,8H2. The van der Waals surface area contributed by atoms with Crippen molar-refractivity contribution in [2.75, 3.05) is 0 Å². The lowest BCUT2D eigenvalue weighted by molar-refractivity contribution is 0.0992. The molecule has 0 aromatic heterocycles. The van der Waals surface area contributed by atoms with E-state index in [-0.39, 0.29) is 18.0 Å². The van der Waals surface area contributed by atoms with E-state index in [1.54, 1.807) is 36.4 Å². The van der Waals surface area contributed by atoms with Crippen LogP contribution in [0.3, 0.4) is 0 Å². The van der Waals surface area contributed by atoms with Crippen LogP contribution in [0.1, 0.15) is 15.9 Å². The van der Waals surface area contributed by atoms with Crippen molar-refractivity contribution in [1.29, 1.82) is 0 Å². The van der Waals surface area contributed by atoms with E-state index in [0.29, 0.717) is 16.1 Å². The van der Waals surface area contributed by atoms with E-state index >= 15 is 0 Å². The van der Waals surface area contributed by atoms with Crippen LogP contribution in [0.4, 0.5) is 4.39 Å². The maximum atomic E-state index is 13.4. The average Bonchev–Trinajstić information content (AvgIpc) is 2.35. The molecule has 0 aliphatic rings. The van der Waals surface area contributed by atoms with Crippen molar-refractivity contribution in [1.82, 2.24) is 0 Å². The number of benzene rings is 2. The Hall–Kier alpha value is -0.940. The molecule has 0 saturated carbocycles. The Kier molecular flexibility index (Phi) is 4.35. The fraction of sp³-hybridized carbons (Fsp3) is 0.0714. The molecule has 2 rings (SSSR count). The largest absolute Gasteiger partial charge is 0.294 e. The van der Waals surface area contributed by atoms with Crippen molar-refractivity contribution in [2.45, 2.75) is 6.42 Å². The summed E-state index contributed by atoms with van der Waals surface area (Å²) in [7, 11) is 0. The quantitative estimate of drug-likeness (QED) is 0.571. The molecule has 18 heavy (non-hydrogen) atoms. The predicted octanol–water partition coefficient (Wildman–Crippen LogP) is 4.51.